The molecule has 1 aromatic carbocycles. The molecule has 2 fully saturated rings. The van der Waals surface area contributed by atoms with Crippen LogP contribution in [0.2, 0.25) is 0 Å². The van der Waals surface area contributed by atoms with Crippen LogP contribution in [0.15, 0.2) is 47.6 Å². The second-order valence-electron chi connectivity index (χ2n) is 6.83. The number of hydrogen-bond acceptors (Lipinski definition) is 3. The van der Waals surface area contributed by atoms with Gasteiger partial charge in [0.15, 0.2) is 0 Å². The summed E-state index contributed by atoms with van der Waals surface area (Å²) in [5.74, 6) is 0.534. The number of benzene rings is 1. The Balaban J connectivity index is 1.62. The van der Waals surface area contributed by atoms with E-state index in [9.17, 15) is 8.42 Å². The molecule has 1 aliphatic carbocycles. The molecule has 6 heteroatoms. The highest BCUT2D eigenvalue weighted by atomic mass is 32.2. The summed E-state index contributed by atoms with van der Waals surface area (Å²) in [6.07, 6.45) is 9.88. The predicted octanol–water partition coefficient (Wildman–Crippen LogP) is 3.22. The van der Waals surface area contributed by atoms with E-state index >= 15 is 0 Å². The summed E-state index contributed by atoms with van der Waals surface area (Å²) < 4.78 is 29.6. The zero-order valence-corrected chi connectivity index (χ0v) is 14.5. The third-order valence-corrected chi connectivity index (χ3v) is 7.26. The van der Waals surface area contributed by atoms with Gasteiger partial charge in [0, 0.05) is 12.6 Å². The summed E-state index contributed by atoms with van der Waals surface area (Å²) >= 11 is 0. The molecule has 24 heavy (non-hydrogen) atoms. The lowest BCUT2D eigenvalue weighted by Crippen LogP contribution is -2.39. The molecule has 0 radical (unpaired) electrons. The van der Waals surface area contributed by atoms with E-state index in [0.717, 1.165) is 18.5 Å². The molecular weight excluding hydrogens is 322 g/mol. The number of sulfonamides is 1. The normalized spacial score (nSPS) is 23.1. The van der Waals surface area contributed by atoms with Crippen molar-refractivity contribution in [2.45, 2.75) is 49.5 Å². The third kappa shape index (κ3) is 2.78. The van der Waals surface area contributed by atoms with Crippen molar-refractivity contribution in [2.24, 2.45) is 5.92 Å². The number of rotatable bonds is 4. The summed E-state index contributed by atoms with van der Waals surface area (Å²) in [7, 11) is -3.46. The minimum atomic E-state index is -3.46. The van der Waals surface area contributed by atoms with Crippen molar-refractivity contribution >= 4 is 10.0 Å². The van der Waals surface area contributed by atoms with E-state index in [1.807, 2.05) is 30.3 Å². The predicted molar refractivity (Wildman–Crippen MR) is 92.4 cm³/mol. The Morgan fingerprint density at radius 1 is 1.00 bits per heavy atom. The number of nitrogens with zero attached hydrogens (tertiary/aromatic N) is 3. The number of para-hydroxylation sites is 1. The Kier molecular flexibility index (Phi) is 4.18. The highest BCUT2D eigenvalue weighted by Gasteiger charge is 2.40. The molecule has 5 nitrogen and oxygen atoms in total. The van der Waals surface area contributed by atoms with Crippen LogP contribution in [0, 0.1) is 5.92 Å². The van der Waals surface area contributed by atoms with Crippen molar-refractivity contribution in [3.63, 3.8) is 0 Å². The van der Waals surface area contributed by atoms with Gasteiger partial charge >= 0.3 is 0 Å². The highest BCUT2D eigenvalue weighted by Crippen LogP contribution is 2.38. The van der Waals surface area contributed by atoms with Gasteiger partial charge in [-0.15, -0.1) is 0 Å². The number of aromatic nitrogens is 2. The van der Waals surface area contributed by atoms with Crippen LogP contribution in [0.1, 0.15) is 38.5 Å². The van der Waals surface area contributed by atoms with Crippen LogP contribution < -0.4 is 0 Å². The van der Waals surface area contributed by atoms with Gasteiger partial charge in [-0.2, -0.15) is 9.40 Å². The molecule has 0 amide bonds. The van der Waals surface area contributed by atoms with Gasteiger partial charge in [-0.05, 0) is 43.7 Å². The molecule has 4 rings (SSSR count). The molecule has 128 valence electrons. The summed E-state index contributed by atoms with van der Waals surface area (Å²) in [6, 6.07) is 9.78. The van der Waals surface area contributed by atoms with Crippen molar-refractivity contribution < 1.29 is 8.42 Å². The SMILES string of the molecule is O=S(=O)(c1cnn(-c2ccccc2)c1)N1CCC[C@H]1C1CCCC1. The second kappa shape index (κ2) is 6.33. The standard InChI is InChI=1S/C18H23N3O2S/c22-24(23,21-12-6-11-18(21)15-7-4-5-8-15)17-13-19-20(14-17)16-9-2-1-3-10-16/h1-3,9-10,13-15,18H,4-8,11-12H2/t18-/m0/s1. The van der Waals surface area contributed by atoms with Crippen LogP contribution in [0.25, 0.3) is 5.69 Å². The van der Waals surface area contributed by atoms with Crippen molar-refractivity contribution in [1.82, 2.24) is 14.1 Å². The van der Waals surface area contributed by atoms with Gasteiger partial charge in [-0.3, -0.25) is 0 Å². The first-order chi connectivity index (χ1) is 11.7. The highest BCUT2D eigenvalue weighted by molar-refractivity contribution is 7.89. The summed E-state index contributed by atoms with van der Waals surface area (Å²) in [5, 5.41) is 4.26. The van der Waals surface area contributed by atoms with Gasteiger partial charge in [0.1, 0.15) is 4.90 Å². The molecular formula is C18H23N3O2S. The van der Waals surface area contributed by atoms with Gasteiger partial charge in [-0.25, -0.2) is 13.1 Å². The molecule has 0 bridgehead atoms. The van der Waals surface area contributed by atoms with Crippen LogP contribution in [-0.4, -0.2) is 35.1 Å². The van der Waals surface area contributed by atoms with Crippen molar-refractivity contribution in [2.75, 3.05) is 6.54 Å². The molecule has 0 unspecified atom stereocenters. The Morgan fingerprint density at radius 3 is 2.50 bits per heavy atom. The van der Waals surface area contributed by atoms with E-state index in [1.165, 1.54) is 31.9 Å². The van der Waals surface area contributed by atoms with Gasteiger partial charge < -0.3 is 0 Å². The molecule has 2 aromatic rings. The Labute approximate surface area is 143 Å². The van der Waals surface area contributed by atoms with E-state index in [2.05, 4.69) is 5.10 Å². The fourth-order valence-electron chi connectivity index (χ4n) is 4.17. The monoisotopic (exact) mass is 345 g/mol. The molecule has 0 N–H and O–H groups in total. The van der Waals surface area contributed by atoms with Crippen LogP contribution in [-0.2, 0) is 10.0 Å². The van der Waals surface area contributed by atoms with Gasteiger partial charge in [0.25, 0.3) is 0 Å². The fraction of sp³-hybridized carbons (Fsp3) is 0.500. The summed E-state index contributed by atoms with van der Waals surface area (Å²) in [5.41, 5.74) is 0.868. The van der Waals surface area contributed by atoms with Crippen LogP contribution in [0.4, 0.5) is 0 Å². The second-order valence-corrected chi connectivity index (χ2v) is 8.72. The van der Waals surface area contributed by atoms with Crippen molar-refractivity contribution in [1.29, 1.82) is 0 Å². The van der Waals surface area contributed by atoms with Crippen LogP contribution >= 0.6 is 0 Å². The van der Waals surface area contributed by atoms with Crippen LogP contribution in [0.5, 0.6) is 0 Å². The fourth-order valence-corrected chi connectivity index (χ4v) is 5.86. The molecule has 1 saturated carbocycles. The minimum absolute atomic E-state index is 0.178. The molecule has 1 aliphatic heterocycles. The van der Waals surface area contributed by atoms with E-state index < -0.39 is 10.0 Å². The Bertz CT molecular complexity index is 795. The van der Waals surface area contributed by atoms with Gasteiger partial charge in [0.2, 0.25) is 10.0 Å². The Morgan fingerprint density at radius 2 is 1.75 bits per heavy atom. The zero-order chi connectivity index (χ0) is 16.6. The van der Waals surface area contributed by atoms with Crippen molar-refractivity contribution in [3.05, 3.63) is 42.7 Å². The Hall–Kier alpha value is -1.66. The molecule has 1 atom stereocenters. The summed E-state index contributed by atoms with van der Waals surface area (Å²) in [4.78, 5) is 0.302. The first-order valence-corrected chi connectivity index (χ1v) is 10.2. The molecule has 1 saturated heterocycles. The summed E-state index contributed by atoms with van der Waals surface area (Å²) in [6.45, 7) is 0.639. The van der Waals surface area contributed by atoms with E-state index in [-0.39, 0.29) is 6.04 Å². The van der Waals surface area contributed by atoms with E-state index in [0.29, 0.717) is 17.4 Å². The topological polar surface area (TPSA) is 55.2 Å². The molecule has 0 spiro atoms. The lowest BCUT2D eigenvalue weighted by molar-refractivity contribution is 0.288. The average molecular weight is 345 g/mol. The largest absolute Gasteiger partial charge is 0.246 e. The van der Waals surface area contributed by atoms with Gasteiger partial charge in [-0.1, -0.05) is 31.0 Å². The minimum Gasteiger partial charge on any atom is -0.240 e. The smallest absolute Gasteiger partial charge is 0.240 e. The van der Waals surface area contributed by atoms with Gasteiger partial charge in [0.05, 0.1) is 18.1 Å². The molecule has 2 aliphatic rings. The zero-order valence-electron chi connectivity index (χ0n) is 13.7. The van der Waals surface area contributed by atoms with Crippen molar-refractivity contribution in [3.8, 4) is 5.69 Å². The lowest BCUT2D eigenvalue weighted by Gasteiger charge is -2.28. The average Bonchev–Trinajstić information content (AvgIpc) is 3.35. The number of hydrogen-bond donors (Lipinski definition) is 0. The molecule has 2 heterocycles. The van der Waals surface area contributed by atoms with E-state index in [4.69, 9.17) is 0 Å². The quantitative estimate of drug-likeness (QED) is 0.855. The molecule has 1 aromatic heterocycles. The van der Waals surface area contributed by atoms with Crippen LogP contribution in [0.3, 0.4) is 0 Å². The maximum Gasteiger partial charge on any atom is 0.246 e. The first-order valence-electron chi connectivity index (χ1n) is 8.78. The third-order valence-electron chi connectivity index (χ3n) is 5.38. The first kappa shape index (κ1) is 15.8. The van der Waals surface area contributed by atoms with E-state index in [1.54, 1.807) is 15.2 Å². The lowest BCUT2D eigenvalue weighted by atomic mass is 9.97. The maximum atomic E-state index is 13.1. The maximum absolute atomic E-state index is 13.1.